The summed E-state index contributed by atoms with van der Waals surface area (Å²) in [6.45, 7) is 5.93. The van der Waals surface area contributed by atoms with Gasteiger partial charge in [0.1, 0.15) is 12.3 Å². The van der Waals surface area contributed by atoms with Crippen molar-refractivity contribution in [3.63, 3.8) is 0 Å². The van der Waals surface area contributed by atoms with Gasteiger partial charge in [-0.1, -0.05) is 13.8 Å². The molecule has 0 radical (unpaired) electrons. The van der Waals surface area contributed by atoms with Crippen molar-refractivity contribution in [3.05, 3.63) is 29.8 Å². The van der Waals surface area contributed by atoms with Crippen LogP contribution in [0.4, 0.5) is 0 Å². The van der Waals surface area contributed by atoms with Gasteiger partial charge in [-0.05, 0) is 49.9 Å². The second-order valence-electron chi connectivity index (χ2n) is 12.0. The average Bonchev–Trinajstić information content (AvgIpc) is 3.04. The third-order valence-electron chi connectivity index (χ3n) is 8.28. The maximum Gasteiger partial charge on any atom is 3.00 e. The number of rotatable bonds is 19. The summed E-state index contributed by atoms with van der Waals surface area (Å²) in [6, 6.07) is 4.71. The van der Waals surface area contributed by atoms with E-state index in [0.717, 1.165) is 6.29 Å². The normalized spacial score (nSPS) is 16.5. The van der Waals surface area contributed by atoms with Gasteiger partial charge < -0.3 is 40.5 Å². The molecule has 1 aliphatic rings. The molecule has 1 aromatic rings. The molecule has 1 aliphatic heterocycles. The molecule has 1 unspecified atom stereocenters. The molecule has 0 spiro atoms. The van der Waals surface area contributed by atoms with Crippen LogP contribution in [-0.4, -0.2) is 190 Å². The number of carbonyl (C=O) groups excluding carboxylic acids is 4. The zero-order valence-corrected chi connectivity index (χ0v) is 32.7. The van der Waals surface area contributed by atoms with Crippen LogP contribution in [0.15, 0.2) is 29.2 Å². The number of hydrogen-bond donors (Lipinski definition) is 2. The zero-order chi connectivity index (χ0) is 36.4. The van der Waals surface area contributed by atoms with E-state index in [1.807, 2.05) is 13.8 Å². The Morgan fingerprint density at radius 3 is 1.78 bits per heavy atom. The van der Waals surface area contributed by atoms with Gasteiger partial charge >= 0.3 is 25.8 Å². The molecule has 1 saturated heterocycles. The summed E-state index contributed by atoms with van der Waals surface area (Å²) < 4.78 is 27.5. The Hall–Kier alpha value is -2.88. The number of aliphatic carboxylic acids is 3. The van der Waals surface area contributed by atoms with Crippen LogP contribution in [0.5, 0.6) is 0 Å². The number of amides is 1. The number of sulfonamides is 1. The fourth-order valence-corrected chi connectivity index (χ4v) is 7.30. The standard InChI is InChI=1S/C32H52N6O10S.Ga.H2O/c1-3-12-38(13-4-2)49(47,48)27-9-7-26(8-10-27)31(44)33-11-5-6-28(32(45)46)37-20-18-34(22-23-39)14-15-35(24-29(40)41)16-17-36(19-21-37)25-30(42)43;;/h7-10,23,28H,3-6,11-22,24-25H2,1-2H3,(H,33,44)(H,40,41)(H,42,43)(H,45,46);;1H2/q;+3;/p-3. The first-order valence-corrected chi connectivity index (χ1v) is 18.1. The van der Waals surface area contributed by atoms with Crippen LogP contribution in [0.2, 0.25) is 0 Å². The van der Waals surface area contributed by atoms with Crippen molar-refractivity contribution < 1.29 is 53.2 Å². The SMILES string of the molecule is CCCN(CCC)S(=O)(=O)c1ccc(C(=O)NCCCC(C(=O)O)N2CCN(CC=O)CCN(CC(=O)[O-])CCN(CC(=O)[O-])CC2)cc1.[Ga+3].[OH-]. The quantitative estimate of drug-likeness (QED) is 0.0797. The number of nitrogens with zero attached hydrogens (tertiary/aromatic N) is 5. The van der Waals surface area contributed by atoms with E-state index in [1.165, 1.54) is 28.6 Å². The molecule has 1 atom stereocenters. The molecule has 1 aromatic carbocycles. The molecule has 1 amide bonds. The number of carboxylic acids is 3. The number of carbonyl (C=O) groups is 5. The molecule has 0 aromatic heterocycles. The minimum Gasteiger partial charge on any atom is -0.870 e. The predicted molar refractivity (Wildman–Crippen MR) is 183 cm³/mol. The molecule has 3 N–H and O–H groups in total. The smallest absolute Gasteiger partial charge is 0.870 e. The molecule has 19 heteroatoms. The third kappa shape index (κ3) is 17.0. The second kappa shape index (κ2) is 25.2. The van der Waals surface area contributed by atoms with Gasteiger partial charge in [0, 0.05) is 90.6 Å². The Kier molecular flexibility index (Phi) is 23.7. The van der Waals surface area contributed by atoms with Crippen LogP contribution in [0, 0.1) is 0 Å². The van der Waals surface area contributed by atoms with Crippen LogP contribution in [0.1, 0.15) is 49.9 Å². The maximum atomic E-state index is 13.0. The molecule has 284 valence electrons. The molecular weight excluding hydrogens is 746 g/mol. The summed E-state index contributed by atoms with van der Waals surface area (Å²) in [4.78, 5) is 66.1. The van der Waals surface area contributed by atoms with Crippen LogP contribution in [0.25, 0.3) is 0 Å². The Balaban J connectivity index is 0.0000125. The summed E-state index contributed by atoms with van der Waals surface area (Å²) in [5.74, 6) is -4.13. The molecule has 0 bridgehead atoms. The topological polar surface area (TPSA) is 244 Å². The van der Waals surface area contributed by atoms with Crippen LogP contribution < -0.4 is 15.5 Å². The van der Waals surface area contributed by atoms with Crippen molar-refractivity contribution in [1.82, 2.24) is 29.2 Å². The summed E-state index contributed by atoms with van der Waals surface area (Å²) in [6.07, 6.45) is 2.52. The first-order valence-electron chi connectivity index (χ1n) is 16.7. The monoisotopic (exact) mass is 796 g/mol. The fourth-order valence-electron chi connectivity index (χ4n) is 5.67. The second-order valence-corrected chi connectivity index (χ2v) is 13.9. The molecule has 0 aliphatic carbocycles. The molecular formula is C32H51GaN6O11S. The summed E-state index contributed by atoms with van der Waals surface area (Å²) >= 11 is 0. The first-order chi connectivity index (χ1) is 23.3. The van der Waals surface area contributed by atoms with Crippen LogP contribution >= 0.6 is 0 Å². The third-order valence-corrected chi connectivity index (χ3v) is 10.2. The number of carboxylic acid groups (broad SMARTS) is 3. The van der Waals surface area contributed by atoms with E-state index in [2.05, 4.69) is 5.32 Å². The van der Waals surface area contributed by atoms with Crippen molar-refractivity contribution in [2.45, 2.75) is 50.5 Å². The van der Waals surface area contributed by atoms with E-state index < -0.39 is 46.4 Å². The minimum atomic E-state index is -3.69. The Morgan fingerprint density at radius 1 is 0.863 bits per heavy atom. The van der Waals surface area contributed by atoms with Gasteiger partial charge in [-0.3, -0.25) is 29.2 Å². The summed E-state index contributed by atoms with van der Waals surface area (Å²) in [7, 11) is -3.69. The van der Waals surface area contributed by atoms with Gasteiger partial charge in [0.05, 0.1) is 23.4 Å². The van der Waals surface area contributed by atoms with Crippen molar-refractivity contribution in [3.8, 4) is 0 Å². The molecule has 0 saturated carbocycles. The summed E-state index contributed by atoms with van der Waals surface area (Å²) in [5, 5.41) is 35.6. The number of benzene rings is 1. The van der Waals surface area contributed by atoms with Crippen LogP contribution in [0.3, 0.4) is 0 Å². The van der Waals surface area contributed by atoms with Gasteiger partial charge in [-0.15, -0.1) is 0 Å². The van der Waals surface area contributed by atoms with Gasteiger partial charge in [0.25, 0.3) is 5.91 Å². The number of aldehydes is 1. The Bertz CT molecular complexity index is 1330. The fraction of sp³-hybridized carbons (Fsp3) is 0.656. The number of nitrogens with one attached hydrogen (secondary N) is 1. The predicted octanol–water partition coefficient (Wildman–Crippen LogP) is -3.18. The van der Waals surface area contributed by atoms with Gasteiger partial charge in [-0.25, -0.2) is 8.42 Å². The minimum absolute atomic E-state index is 0. The van der Waals surface area contributed by atoms with Crippen LogP contribution in [-0.2, 0) is 29.2 Å². The molecule has 51 heavy (non-hydrogen) atoms. The molecule has 2 rings (SSSR count). The molecule has 1 fully saturated rings. The van der Waals surface area contributed by atoms with E-state index in [4.69, 9.17) is 0 Å². The van der Waals surface area contributed by atoms with Gasteiger partial charge in [0.15, 0.2) is 0 Å². The average molecular weight is 798 g/mol. The molecule has 17 nitrogen and oxygen atoms in total. The van der Waals surface area contributed by atoms with Crippen molar-refractivity contribution >= 4 is 59.9 Å². The van der Waals surface area contributed by atoms with Gasteiger partial charge in [0.2, 0.25) is 10.0 Å². The van der Waals surface area contributed by atoms with Crippen molar-refractivity contribution in [2.75, 3.05) is 91.6 Å². The van der Waals surface area contributed by atoms with E-state index in [9.17, 15) is 47.7 Å². The first kappa shape index (κ1) is 48.1. The van der Waals surface area contributed by atoms with E-state index in [1.54, 1.807) is 19.6 Å². The Morgan fingerprint density at radius 2 is 1.33 bits per heavy atom. The maximum absolute atomic E-state index is 13.0. The van der Waals surface area contributed by atoms with Crippen molar-refractivity contribution in [1.29, 1.82) is 0 Å². The van der Waals surface area contributed by atoms with Crippen molar-refractivity contribution in [2.24, 2.45) is 0 Å². The summed E-state index contributed by atoms with van der Waals surface area (Å²) in [5.41, 5.74) is 0.260. The number of hydrogen-bond acceptors (Lipinski definition) is 14. The largest absolute Gasteiger partial charge is 3.00 e. The van der Waals surface area contributed by atoms with Gasteiger partial charge in [-0.2, -0.15) is 4.31 Å². The Labute approximate surface area is 313 Å². The molecule has 1 heterocycles. The van der Waals surface area contributed by atoms with E-state index >= 15 is 0 Å². The van der Waals surface area contributed by atoms with E-state index in [-0.39, 0.29) is 101 Å². The van der Waals surface area contributed by atoms with E-state index in [0.29, 0.717) is 45.4 Å². The zero-order valence-electron chi connectivity index (χ0n) is 29.5.